The summed E-state index contributed by atoms with van der Waals surface area (Å²) in [6, 6.07) is 44.9. The van der Waals surface area contributed by atoms with E-state index in [1.165, 1.54) is 90.7 Å². The molecular weight excluding hydrogens is 1000 g/mol. The molecule has 0 bridgehead atoms. The zero-order valence-electron chi connectivity index (χ0n) is 43.5. The van der Waals surface area contributed by atoms with Crippen LogP contribution in [0.25, 0.3) is 24.3 Å². The van der Waals surface area contributed by atoms with Crippen molar-refractivity contribution in [3.05, 3.63) is 214 Å². The minimum absolute atomic E-state index is 0.0870. The maximum Gasteiger partial charge on any atom is 0.373 e. The van der Waals surface area contributed by atoms with Crippen LogP contribution >= 0.6 is 0 Å². The predicted molar refractivity (Wildman–Crippen MR) is 290 cm³/mol. The number of hydrogen-bond acceptors (Lipinski definition) is 16. The number of carbonyl (C=O) groups is 5. The molecule has 6 aromatic carbocycles. The molecule has 0 unspecified atom stereocenters. The van der Waals surface area contributed by atoms with Gasteiger partial charge in [-0.3, -0.25) is 9.59 Å². The second-order valence-electron chi connectivity index (χ2n) is 16.1. The van der Waals surface area contributed by atoms with E-state index >= 15 is 0 Å². The number of phenolic OH excluding ortho intramolecular Hbond substituents is 2. The molecule has 0 heterocycles. The predicted octanol–water partition coefficient (Wildman–Crippen LogP) is 10.4. The van der Waals surface area contributed by atoms with Gasteiger partial charge in [-0.15, -0.1) is 0 Å². The summed E-state index contributed by atoms with van der Waals surface area (Å²) in [7, 11) is 0. The standard InChI is InChI=1S/C22H20O6.C20H22O2.C18H18O4.2CO2/c1-16(23)27-20-12-10-19(15-21(20)28-17(2)24)11-13-22(25)26-14-6-9-18-7-4-3-5-8-18;1-16-10-11-19(15-17(16)2)12-13-20(21)22-14-6-9-18-7-4-3-5-8-18;19-16-10-8-15(13-17(16)20)9-11-18(21)22-12-4-7-14-5-2-1-3-6-14;2*2-1-3/h3-13,15H,14H2,1-2H3;3-5,7-8,10-13,15H,6,9,14H2,1-2H3;1-3,5-6,8-11,13,19-20H,4,7,12H2;;/b9-6+,13-11+;13-12+;11-9+;;. The average molecular weight is 1060 g/mol. The van der Waals surface area contributed by atoms with E-state index in [2.05, 4.69) is 38.1 Å². The highest BCUT2D eigenvalue weighted by Gasteiger charge is 2.11. The average Bonchev–Trinajstić information content (AvgIpc) is 3.42. The summed E-state index contributed by atoms with van der Waals surface area (Å²) in [6.07, 6.45) is 16.4. The molecule has 404 valence electrons. The van der Waals surface area contributed by atoms with E-state index in [0.29, 0.717) is 24.3 Å². The first-order chi connectivity index (χ1) is 37.6. The zero-order chi connectivity index (χ0) is 57.3. The minimum Gasteiger partial charge on any atom is -0.504 e. The lowest BCUT2D eigenvalue weighted by Crippen LogP contribution is -2.07. The summed E-state index contributed by atoms with van der Waals surface area (Å²) in [5.74, 6) is -2.54. The summed E-state index contributed by atoms with van der Waals surface area (Å²) >= 11 is 0. The maximum atomic E-state index is 11.8. The van der Waals surface area contributed by atoms with Gasteiger partial charge >= 0.3 is 42.1 Å². The summed E-state index contributed by atoms with van der Waals surface area (Å²) in [6.45, 7) is 7.57. The van der Waals surface area contributed by atoms with Crippen molar-refractivity contribution in [3.8, 4) is 23.0 Å². The largest absolute Gasteiger partial charge is 0.504 e. The Bertz CT molecular complexity index is 2870. The highest BCUT2D eigenvalue weighted by Crippen LogP contribution is 2.29. The van der Waals surface area contributed by atoms with Crippen LogP contribution in [0.1, 0.15) is 71.2 Å². The molecule has 0 atom stereocenters. The molecule has 78 heavy (non-hydrogen) atoms. The number of ether oxygens (including phenoxy) is 5. The van der Waals surface area contributed by atoms with E-state index in [1.807, 2.05) is 91.0 Å². The van der Waals surface area contributed by atoms with E-state index in [1.54, 1.807) is 24.3 Å². The van der Waals surface area contributed by atoms with Crippen LogP contribution in [0.2, 0.25) is 0 Å². The molecule has 6 rings (SSSR count). The Labute approximate surface area is 452 Å². The Morgan fingerprint density at radius 3 is 1.35 bits per heavy atom. The normalized spacial score (nSPS) is 10.2. The van der Waals surface area contributed by atoms with E-state index in [0.717, 1.165) is 36.8 Å². The van der Waals surface area contributed by atoms with Crippen LogP contribution in [0.3, 0.4) is 0 Å². The van der Waals surface area contributed by atoms with Crippen molar-refractivity contribution in [1.29, 1.82) is 0 Å². The number of carbonyl (C=O) groups excluding carboxylic acids is 9. The van der Waals surface area contributed by atoms with Crippen molar-refractivity contribution in [3.63, 3.8) is 0 Å². The first-order valence-corrected chi connectivity index (χ1v) is 24.0. The van der Waals surface area contributed by atoms with Gasteiger partial charge in [0.2, 0.25) is 0 Å². The van der Waals surface area contributed by atoms with Gasteiger partial charge in [0, 0.05) is 32.1 Å². The van der Waals surface area contributed by atoms with Crippen LogP contribution < -0.4 is 9.47 Å². The lowest BCUT2D eigenvalue weighted by molar-refractivity contribution is -0.193. The SMILES string of the molecule is CC(=O)Oc1ccc(/C=C/C(=O)OC/C=C/c2ccccc2)cc1OC(C)=O.Cc1ccc(/C=C/C(=O)OCCCc2ccccc2)cc1C.O=C(/C=C/c1ccc(O)c(O)c1)OCCCc1ccccc1.O=C=O.O=C=O. The number of esters is 5. The lowest BCUT2D eigenvalue weighted by Gasteiger charge is -2.09. The van der Waals surface area contributed by atoms with Gasteiger partial charge in [0.1, 0.15) is 6.61 Å². The first kappa shape index (κ1) is 64.1. The molecule has 6 aromatic rings. The van der Waals surface area contributed by atoms with Gasteiger partial charge in [-0.25, -0.2) is 14.4 Å². The fraction of sp³-hybridized carbons (Fsp3) is 0.177. The van der Waals surface area contributed by atoms with E-state index in [-0.39, 0.29) is 47.9 Å². The third-order valence-corrected chi connectivity index (χ3v) is 10.1. The Morgan fingerprint density at radius 2 is 0.872 bits per heavy atom. The number of aryl methyl sites for hydroxylation is 4. The topological polar surface area (TPSA) is 240 Å². The summed E-state index contributed by atoms with van der Waals surface area (Å²) < 4.78 is 25.4. The van der Waals surface area contributed by atoms with Crippen LogP contribution in [0, 0.1) is 13.8 Å². The monoisotopic (exact) mass is 1060 g/mol. The van der Waals surface area contributed by atoms with Crippen molar-refractivity contribution in [2.24, 2.45) is 0 Å². The Kier molecular flexibility index (Phi) is 31.7. The third kappa shape index (κ3) is 29.6. The molecule has 16 heteroatoms. The van der Waals surface area contributed by atoms with Gasteiger partial charge in [0.25, 0.3) is 0 Å². The number of aromatic hydroxyl groups is 2. The molecule has 2 N–H and O–H groups in total. The highest BCUT2D eigenvalue weighted by atomic mass is 16.6. The van der Waals surface area contributed by atoms with Crippen LogP contribution in [0.15, 0.2) is 170 Å². The number of benzene rings is 6. The van der Waals surface area contributed by atoms with Gasteiger partial charge in [-0.05, 0) is 133 Å². The quantitative estimate of drug-likeness (QED) is 0.0191. The summed E-state index contributed by atoms with van der Waals surface area (Å²) in [5, 5.41) is 18.5. The number of phenols is 2. The second kappa shape index (κ2) is 38.6. The van der Waals surface area contributed by atoms with Crippen LogP contribution in [0.5, 0.6) is 23.0 Å². The molecule has 0 saturated heterocycles. The lowest BCUT2D eigenvalue weighted by atomic mass is 10.1. The molecule has 0 fully saturated rings. The van der Waals surface area contributed by atoms with Crippen LogP contribution in [-0.2, 0) is 70.2 Å². The Balaban J connectivity index is 0.000000383. The van der Waals surface area contributed by atoms with Crippen molar-refractivity contribution >= 4 is 66.5 Å². The molecule has 0 aliphatic carbocycles. The highest BCUT2D eigenvalue weighted by molar-refractivity contribution is 5.88. The molecular formula is C62H60O16. The fourth-order valence-corrected chi connectivity index (χ4v) is 6.32. The van der Waals surface area contributed by atoms with Crippen molar-refractivity contribution in [2.75, 3.05) is 19.8 Å². The Morgan fingerprint density at radius 1 is 0.449 bits per heavy atom. The van der Waals surface area contributed by atoms with E-state index < -0.39 is 23.9 Å². The van der Waals surface area contributed by atoms with Crippen molar-refractivity contribution in [1.82, 2.24) is 0 Å². The van der Waals surface area contributed by atoms with Gasteiger partial charge in [0.15, 0.2) is 23.0 Å². The molecule has 0 aromatic heterocycles. The van der Waals surface area contributed by atoms with Gasteiger partial charge < -0.3 is 33.9 Å². The third-order valence-electron chi connectivity index (χ3n) is 10.1. The van der Waals surface area contributed by atoms with Crippen LogP contribution in [-0.4, -0.2) is 72.2 Å². The molecule has 0 radical (unpaired) electrons. The number of hydrogen-bond donors (Lipinski definition) is 2. The van der Waals surface area contributed by atoms with Crippen molar-refractivity contribution < 1.29 is 77.0 Å². The zero-order valence-corrected chi connectivity index (χ0v) is 43.5. The molecule has 16 nitrogen and oxygen atoms in total. The maximum absolute atomic E-state index is 11.8. The van der Waals surface area contributed by atoms with Gasteiger partial charge in [-0.1, -0.05) is 127 Å². The smallest absolute Gasteiger partial charge is 0.373 e. The van der Waals surface area contributed by atoms with Crippen LogP contribution in [0.4, 0.5) is 0 Å². The minimum atomic E-state index is -0.556. The summed E-state index contributed by atoms with van der Waals surface area (Å²) in [5.41, 5.74) is 8.17. The summed E-state index contributed by atoms with van der Waals surface area (Å²) in [4.78, 5) is 89.9. The van der Waals surface area contributed by atoms with Gasteiger partial charge in [0.05, 0.1) is 13.2 Å². The first-order valence-electron chi connectivity index (χ1n) is 24.0. The molecule has 0 amide bonds. The molecule has 0 aliphatic rings. The van der Waals surface area contributed by atoms with Gasteiger partial charge in [-0.2, -0.15) is 19.2 Å². The molecule has 0 aliphatic heterocycles. The molecule has 0 saturated carbocycles. The van der Waals surface area contributed by atoms with Crippen molar-refractivity contribution in [2.45, 2.75) is 53.4 Å². The van der Waals surface area contributed by atoms with E-state index in [4.69, 9.17) is 42.9 Å². The Hall–Kier alpha value is -10.0. The fourth-order valence-electron chi connectivity index (χ4n) is 6.32. The number of rotatable bonds is 19. The second-order valence-corrected chi connectivity index (χ2v) is 16.1. The molecule has 0 spiro atoms. The van der Waals surface area contributed by atoms with E-state index in [9.17, 15) is 34.2 Å².